The summed E-state index contributed by atoms with van der Waals surface area (Å²) in [6, 6.07) is 0. The van der Waals surface area contributed by atoms with E-state index in [9.17, 15) is 9.59 Å². The fourth-order valence-electron chi connectivity index (χ4n) is 3.81. The zero-order valence-electron chi connectivity index (χ0n) is 28.8. The van der Waals surface area contributed by atoms with Crippen LogP contribution in [-0.4, -0.2) is 89.3 Å². The average Bonchev–Trinajstić information content (AvgIpc) is 3.01. The van der Waals surface area contributed by atoms with Crippen LogP contribution in [0.15, 0.2) is 0 Å². The molecule has 0 rings (SSSR count). The van der Waals surface area contributed by atoms with E-state index >= 15 is 0 Å². The van der Waals surface area contributed by atoms with Crippen molar-refractivity contribution in [1.82, 2.24) is 0 Å². The number of carbonyl (C=O) groups is 2. The first-order valence-corrected chi connectivity index (χ1v) is 16.7. The molecule has 2 unspecified atom stereocenters. The molecule has 0 radical (unpaired) electrons. The summed E-state index contributed by atoms with van der Waals surface area (Å²) in [5, 5.41) is 0. The Labute approximate surface area is 266 Å². The van der Waals surface area contributed by atoms with Gasteiger partial charge in [-0.2, -0.15) is 0 Å². The fraction of sp³-hybridized carbons (Fsp3) is 0.938. The van der Waals surface area contributed by atoms with Gasteiger partial charge >= 0.3 is 11.9 Å². The largest absolute Gasteiger partial charge is 0.435 e. The van der Waals surface area contributed by atoms with Crippen molar-refractivity contribution in [3.8, 4) is 0 Å². The quantitative estimate of drug-likeness (QED) is 0.0631. The van der Waals surface area contributed by atoms with E-state index in [1.807, 2.05) is 41.5 Å². The third kappa shape index (κ3) is 19.2. The van der Waals surface area contributed by atoms with E-state index in [0.29, 0.717) is 39.6 Å². The third-order valence-corrected chi connectivity index (χ3v) is 5.75. The Morgan fingerprint density at radius 1 is 0.455 bits per heavy atom. The van der Waals surface area contributed by atoms with Crippen LogP contribution in [-0.2, 0) is 57.0 Å². The smallest absolute Gasteiger partial charge is 0.308 e. The summed E-state index contributed by atoms with van der Waals surface area (Å²) in [6.07, 6.45) is 2.04. The summed E-state index contributed by atoms with van der Waals surface area (Å²) in [5.41, 5.74) is 0. The molecule has 0 aromatic rings. The fourth-order valence-corrected chi connectivity index (χ4v) is 3.81. The third-order valence-electron chi connectivity index (χ3n) is 5.75. The van der Waals surface area contributed by atoms with Gasteiger partial charge in [-0.05, 0) is 52.4 Å². The molecule has 0 amide bonds. The second kappa shape index (κ2) is 26.8. The summed E-state index contributed by atoms with van der Waals surface area (Å²) < 4.78 is 58.5. The molecule has 0 aromatic heterocycles. The Balaban J connectivity index is 5.45. The molecule has 0 N–H and O–H groups in total. The highest BCUT2D eigenvalue weighted by Crippen LogP contribution is 2.27. The molecule has 2 atom stereocenters. The lowest BCUT2D eigenvalue weighted by atomic mass is 10.3. The van der Waals surface area contributed by atoms with Crippen LogP contribution in [0.1, 0.15) is 120 Å². The Morgan fingerprint density at radius 2 is 0.705 bits per heavy atom. The molecule has 0 bridgehead atoms. The maximum atomic E-state index is 12.8. The van der Waals surface area contributed by atoms with Crippen LogP contribution in [0, 0.1) is 0 Å². The van der Waals surface area contributed by atoms with Gasteiger partial charge in [0.2, 0.25) is 12.6 Å². The van der Waals surface area contributed by atoms with Crippen molar-refractivity contribution >= 4 is 11.9 Å². The molecule has 0 spiro atoms. The number of esters is 2. The SMILES string of the molecule is CCCOC(CC(OCC)OC(=O)CCC(=O)OC(CC(OCCC)(OCCC)OCCC)OCC)(OCCC)OCCC. The zero-order valence-corrected chi connectivity index (χ0v) is 28.8. The highest BCUT2D eigenvalue weighted by atomic mass is 16.9. The summed E-state index contributed by atoms with van der Waals surface area (Å²) in [6.45, 7) is 18.4. The first kappa shape index (κ1) is 42.6. The minimum absolute atomic E-state index is 0.0127. The maximum Gasteiger partial charge on any atom is 0.308 e. The molecule has 0 aliphatic carbocycles. The molecular weight excluding hydrogens is 576 g/mol. The summed E-state index contributed by atoms with van der Waals surface area (Å²) >= 11 is 0. The lowest BCUT2D eigenvalue weighted by Crippen LogP contribution is -2.45. The standard InChI is InChI=1S/C32H62O12/c1-9-19-37-31(38-20-10-2,39-21-11-3)25-29(35-15-7)43-27(33)17-18-28(34)44-30(36-16-8)26-32(40-22-12-4,41-23-13-5)42-24-14-6/h29-30H,9-26H2,1-8H3. The molecule has 0 saturated carbocycles. The molecule has 12 heteroatoms. The van der Waals surface area contributed by atoms with Crippen molar-refractivity contribution in [2.75, 3.05) is 52.9 Å². The highest BCUT2D eigenvalue weighted by molar-refractivity contribution is 5.77. The van der Waals surface area contributed by atoms with Crippen molar-refractivity contribution in [3.63, 3.8) is 0 Å². The molecular formula is C32H62O12. The van der Waals surface area contributed by atoms with Gasteiger partial charge < -0.3 is 47.4 Å². The lowest BCUT2D eigenvalue weighted by Gasteiger charge is -2.35. The summed E-state index contributed by atoms with van der Waals surface area (Å²) in [7, 11) is 0. The predicted molar refractivity (Wildman–Crippen MR) is 164 cm³/mol. The highest BCUT2D eigenvalue weighted by Gasteiger charge is 2.40. The van der Waals surface area contributed by atoms with E-state index in [1.165, 1.54) is 0 Å². The van der Waals surface area contributed by atoms with Crippen molar-refractivity contribution in [2.24, 2.45) is 0 Å². The van der Waals surface area contributed by atoms with Gasteiger partial charge in [-0.25, -0.2) is 0 Å². The molecule has 12 nitrogen and oxygen atoms in total. The van der Waals surface area contributed by atoms with E-state index < -0.39 is 36.5 Å². The molecule has 0 saturated heterocycles. The molecule has 0 aromatic carbocycles. The molecule has 0 aliphatic rings. The van der Waals surface area contributed by atoms with Crippen LogP contribution < -0.4 is 0 Å². The van der Waals surface area contributed by atoms with Crippen LogP contribution in [0.4, 0.5) is 0 Å². The van der Waals surface area contributed by atoms with Crippen LogP contribution in [0.3, 0.4) is 0 Å². The minimum atomic E-state index is -1.42. The van der Waals surface area contributed by atoms with Gasteiger partial charge in [0.25, 0.3) is 11.9 Å². The Kier molecular flexibility index (Phi) is 26.0. The second-order valence-electron chi connectivity index (χ2n) is 10.1. The van der Waals surface area contributed by atoms with Crippen molar-refractivity contribution in [1.29, 1.82) is 0 Å². The van der Waals surface area contributed by atoms with E-state index in [1.54, 1.807) is 13.8 Å². The summed E-state index contributed by atoms with van der Waals surface area (Å²) in [5.74, 6) is -4.11. The van der Waals surface area contributed by atoms with Crippen molar-refractivity contribution in [3.05, 3.63) is 0 Å². The Morgan fingerprint density at radius 3 is 0.909 bits per heavy atom. The van der Waals surface area contributed by atoms with E-state index in [2.05, 4.69) is 0 Å². The first-order chi connectivity index (χ1) is 21.2. The van der Waals surface area contributed by atoms with Crippen LogP contribution in [0.25, 0.3) is 0 Å². The number of ether oxygens (including phenoxy) is 10. The maximum absolute atomic E-state index is 12.8. The average molecular weight is 639 g/mol. The minimum Gasteiger partial charge on any atom is -0.435 e. The van der Waals surface area contributed by atoms with Crippen molar-refractivity contribution in [2.45, 2.75) is 144 Å². The molecule has 0 heterocycles. The molecule has 262 valence electrons. The number of rotatable bonds is 31. The van der Waals surface area contributed by atoms with E-state index in [0.717, 1.165) is 38.5 Å². The molecule has 0 aliphatic heterocycles. The number of carbonyl (C=O) groups excluding carboxylic acids is 2. The zero-order chi connectivity index (χ0) is 33.1. The lowest BCUT2D eigenvalue weighted by molar-refractivity contribution is -0.398. The topological polar surface area (TPSA) is 126 Å². The summed E-state index contributed by atoms with van der Waals surface area (Å²) in [4.78, 5) is 25.7. The monoisotopic (exact) mass is 638 g/mol. The Bertz CT molecular complexity index is 603. The van der Waals surface area contributed by atoms with Crippen LogP contribution in [0.2, 0.25) is 0 Å². The van der Waals surface area contributed by atoms with Gasteiger partial charge in [-0.1, -0.05) is 41.5 Å². The molecule has 44 heavy (non-hydrogen) atoms. The normalized spacial score (nSPS) is 13.5. The van der Waals surface area contributed by atoms with E-state index in [-0.39, 0.29) is 38.9 Å². The molecule has 0 fully saturated rings. The van der Waals surface area contributed by atoms with Gasteiger partial charge in [0.05, 0.1) is 65.3 Å². The van der Waals surface area contributed by atoms with Crippen LogP contribution in [0.5, 0.6) is 0 Å². The number of hydrogen-bond donors (Lipinski definition) is 0. The predicted octanol–water partition coefficient (Wildman–Crippen LogP) is 6.23. The Hall–Kier alpha value is -1.38. The van der Waals surface area contributed by atoms with Gasteiger partial charge in [-0.3, -0.25) is 9.59 Å². The van der Waals surface area contributed by atoms with Gasteiger partial charge in [0, 0.05) is 13.2 Å². The van der Waals surface area contributed by atoms with Crippen LogP contribution >= 0.6 is 0 Å². The van der Waals surface area contributed by atoms with Crippen molar-refractivity contribution < 1.29 is 57.0 Å². The second-order valence-corrected chi connectivity index (χ2v) is 10.1. The first-order valence-electron chi connectivity index (χ1n) is 16.7. The van der Waals surface area contributed by atoms with Gasteiger partial charge in [0.15, 0.2) is 0 Å². The van der Waals surface area contributed by atoms with Gasteiger partial charge in [-0.15, -0.1) is 0 Å². The van der Waals surface area contributed by atoms with E-state index in [4.69, 9.17) is 47.4 Å². The van der Waals surface area contributed by atoms with Gasteiger partial charge in [0.1, 0.15) is 0 Å². The number of hydrogen-bond acceptors (Lipinski definition) is 12.